The number of fused-ring (bicyclic) bond motifs is 1. The van der Waals surface area contributed by atoms with E-state index in [0.29, 0.717) is 12.4 Å². The second-order valence-electron chi connectivity index (χ2n) is 4.07. The molecule has 0 atom stereocenters. The lowest BCUT2D eigenvalue weighted by molar-refractivity contribution is 0.0953. The molecule has 1 aliphatic rings. The van der Waals surface area contributed by atoms with Crippen molar-refractivity contribution in [1.29, 1.82) is 0 Å². The first-order valence-corrected chi connectivity index (χ1v) is 5.70. The normalized spacial score (nSPS) is 13.5. The molecule has 0 radical (unpaired) electrons. The molecular formula is C13H12N2O3. The zero-order valence-electron chi connectivity index (χ0n) is 9.92. The molecule has 1 amide bonds. The number of hydrogen-bond donors (Lipinski definition) is 0. The third kappa shape index (κ3) is 1.64. The molecule has 1 aromatic carbocycles. The lowest BCUT2D eigenvalue weighted by Crippen LogP contribution is -2.28. The Hall–Kier alpha value is -2.30. The number of para-hydroxylation sites is 1. The number of benzene rings is 1. The van der Waals surface area contributed by atoms with Gasteiger partial charge in [-0.3, -0.25) is 4.79 Å². The zero-order valence-corrected chi connectivity index (χ0v) is 9.92. The molecule has 92 valence electrons. The first kappa shape index (κ1) is 10.8. The molecule has 1 aliphatic heterocycles. The molecule has 0 fully saturated rings. The Balaban J connectivity index is 1.90. The number of methoxy groups -OCH3 is 1. The van der Waals surface area contributed by atoms with Crippen LogP contribution in [0.15, 0.2) is 34.9 Å². The van der Waals surface area contributed by atoms with Crippen molar-refractivity contribution in [2.45, 2.75) is 6.42 Å². The summed E-state index contributed by atoms with van der Waals surface area (Å²) in [7, 11) is 1.48. The Labute approximate surface area is 104 Å². The van der Waals surface area contributed by atoms with Crippen LogP contribution in [-0.2, 0) is 6.42 Å². The number of carbonyl (C=O) groups is 1. The van der Waals surface area contributed by atoms with Gasteiger partial charge in [-0.15, -0.1) is 0 Å². The molecule has 0 saturated carbocycles. The Morgan fingerprint density at radius 2 is 2.28 bits per heavy atom. The summed E-state index contributed by atoms with van der Waals surface area (Å²) in [6, 6.07) is 9.37. The number of ether oxygens (including phenoxy) is 1. The maximum atomic E-state index is 12.3. The minimum Gasteiger partial charge on any atom is -0.479 e. The predicted octanol–water partition coefficient (Wildman–Crippen LogP) is 1.89. The third-order valence-electron chi connectivity index (χ3n) is 3.04. The summed E-state index contributed by atoms with van der Waals surface area (Å²) in [6.07, 6.45) is 0.868. The predicted molar refractivity (Wildman–Crippen MR) is 64.9 cm³/mol. The van der Waals surface area contributed by atoms with Crippen molar-refractivity contribution in [3.8, 4) is 5.88 Å². The van der Waals surface area contributed by atoms with Crippen molar-refractivity contribution in [2.24, 2.45) is 0 Å². The molecule has 18 heavy (non-hydrogen) atoms. The quantitative estimate of drug-likeness (QED) is 0.809. The molecule has 5 nitrogen and oxygen atoms in total. The fraction of sp³-hybridized carbons (Fsp3) is 0.231. The molecule has 0 aliphatic carbocycles. The number of amides is 1. The Kier molecular flexibility index (Phi) is 2.51. The number of carbonyl (C=O) groups excluding carboxylic acids is 1. The highest BCUT2D eigenvalue weighted by molar-refractivity contribution is 6.05. The standard InChI is InChI=1S/C13H12N2O3/c1-17-12-8-11(18-14-12)13(16)15-7-6-9-4-2-3-5-10(9)15/h2-5,8H,6-7H2,1H3. The highest BCUT2D eigenvalue weighted by Gasteiger charge is 2.27. The van der Waals surface area contributed by atoms with Gasteiger partial charge in [0.1, 0.15) is 0 Å². The zero-order chi connectivity index (χ0) is 12.5. The van der Waals surface area contributed by atoms with Crippen molar-refractivity contribution in [3.05, 3.63) is 41.7 Å². The number of aromatic nitrogens is 1. The van der Waals surface area contributed by atoms with Gasteiger partial charge < -0.3 is 14.2 Å². The first-order chi connectivity index (χ1) is 8.79. The molecule has 5 heteroatoms. The second kappa shape index (κ2) is 4.18. The van der Waals surface area contributed by atoms with E-state index in [2.05, 4.69) is 5.16 Å². The lowest BCUT2D eigenvalue weighted by Gasteiger charge is -2.14. The van der Waals surface area contributed by atoms with Gasteiger partial charge >= 0.3 is 0 Å². The first-order valence-electron chi connectivity index (χ1n) is 5.70. The maximum Gasteiger partial charge on any atom is 0.297 e. The van der Waals surface area contributed by atoms with Crippen LogP contribution in [0.3, 0.4) is 0 Å². The van der Waals surface area contributed by atoms with Gasteiger partial charge in [-0.25, -0.2) is 0 Å². The van der Waals surface area contributed by atoms with E-state index in [9.17, 15) is 4.79 Å². The van der Waals surface area contributed by atoms with Gasteiger partial charge in [0.25, 0.3) is 11.8 Å². The van der Waals surface area contributed by atoms with Crippen LogP contribution in [0.2, 0.25) is 0 Å². The number of hydrogen-bond acceptors (Lipinski definition) is 4. The molecule has 0 N–H and O–H groups in total. The monoisotopic (exact) mass is 244 g/mol. The minimum absolute atomic E-state index is 0.184. The molecule has 0 bridgehead atoms. The van der Waals surface area contributed by atoms with Gasteiger partial charge in [-0.2, -0.15) is 0 Å². The topological polar surface area (TPSA) is 55.6 Å². The van der Waals surface area contributed by atoms with Crippen LogP contribution in [0.25, 0.3) is 0 Å². The summed E-state index contributed by atoms with van der Waals surface area (Å²) >= 11 is 0. The van der Waals surface area contributed by atoms with Crippen molar-refractivity contribution < 1.29 is 14.1 Å². The van der Waals surface area contributed by atoms with Crippen LogP contribution in [0.1, 0.15) is 16.1 Å². The van der Waals surface area contributed by atoms with E-state index in [1.54, 1.807) is 4.90 Å². The van der Waals surface area contributed by atoms with Crippen molar-refractivity contribution in [3.63, 3.8) is 0 Å². The minimum atomic E-state index is -0.184. The van der Waals surface area contributed by atoms with Crippen molar-refractivity contribution >= 4 is 11.6 Å². The molecule has 0 spiro atoms. The number of anilines is 1. The van der Waals surface area contributed by atoms with Crippen LogP contribution in [-0.4, -0.2) is 24.7 Å². The molecule has 2 heterocycles. The van der Waals surface area contributed by atoms with Gasteiger partial charge in [0.15, 0.2) is 0 Å². The summed E-state index contributed by atoms with van der Waals surface area (Å²) in [5.74, 6) is 0.324. The molecule has 3 rings (SSSR count). The smallest absolute Gasteiger partial charge is 0.297 e. The maximum absolute atomic E-state index is 12.3. The summed E-state index contributed by atoms with van der Waals surface area (Å²) in [4.78, 5) is 14.0. The fourth-order valence-electron chi connectivity index (χ4n) is 2.14. The van der Waals surface area contributed by atoms with E-state index in [-0.39, 0.29) is 11.7 Å². The fourth-order valence-corrected chi connectivity index (χ4v) is 2.14. The Bertz CT molecular complexity index is 591. The lowest BCUT2D eigenvalue weighted by atomic mass is 10.2. The third-order valence-corrected chi connectivity index (χ3v) is 3.04. The van der Waals surface area contributed by atoms with Gasteiger partial charge in [-0.1, -0.05) is 18.2 Å². The van der Waals surface area contributed by atoms with Gasteiger partial charge in [0.05, 0.1) is 13.2 Å². The molecule has 0 unspecified atom stereocenters. The molecule has 2 aromatic rings. The molecule has 1 aromatic heterocycles. The average molecular weight is 244 g/mol. The van der Waals surface area contributed by atoms with Crippen LogP contribution >= 0.6 is 0 Å². The average Bonchev–Trinajstić information content (AvgIpc) is 3.04. The van der Waals surface area contributed by atoms with Crippen molar-refractivity contribution in [1.82, 2.24) is 5.16 Å². The van der Waals surface area contributed by atoms with E-state index in [4.69, 9.17) is 9.26 Å². The second-order valence-corrected chi connectivity index (χ2v) is 4.07. The van der Waals surface area contributed by atoms with E-state index < -0.39 is 0 Å². The van der Waals surface area contributed by atoms with Gasteiger partial charge in [-0.05, 0) is 23.2 Å². The van der Waals surface area contributed by atoms with Crippen LogP contribution < -0.4 is 9.64 Å². The SMILES string of the molecule is COc1cc(C(=O)N2CCc3ccccc32)on1. The van der Waals surface area contributed by atoms with E-state index in [0.717, 1.165) is 12.1 Å². The van der Waals surface area contributed by atoms with Gasteiger partial charge in [0, 0.05) is 12.2 Å². The van der Waals surface area contributed by atoms with E-state index in [1.807, 2.05) is 24.3 Å². The van der Waals surface area contributed by atoms with Crippen LogP contribution in [0, 0.1) is 0 Å². The van der Waals surface area contributed by atoms with Crippen molar-refractivity contribution in [2.75, 3.05) is 18.6 Å². The summed E-state index contributed by atoms with van der Waals surface area (Å²) in [6.45, 7) is 0.668. The summed E-state index contributed by atoms with van der Waals surface area (Å²) < 4.78 is 9.88. The number of rotatable bonds is 2. The van der Waals surface area contributed by atoms with Crippen LogP contribution in [0.5, 0.6) is 5.88 Å². The molecular weight excluding hydrogens is 232 g/mol. The highest BCUT2D eigenvalue weighted by atomic mass is 16.5. The van der Waals surface area contributed by atoms with E-state index in [1.165, 1.54) is 18.7 Å². The Morgan fingerprint density at radius 3 is 3.06 bits per heavy atom. The summed E-state index contributed by atoms with van der Waals surface area (Å²) in [5.41, 5.74) is 2.12. The number of nitrogens with zero attached hydrogens (tertiary/aromatic N) is 2. The van der Waals surface area contributed by atoms with E-state index >= 15 is 0 Å². The highest BCUT2D eigenvalue weighted by Crippen LogP contribution is 2.29. The van der Waals surface area contributed by atoms with Gasteiger partial charge in [0.2, 0.25) is 5.76 Å². The largest absolute Gasteiger partial charge is 0.479 e. The Morgan fingerprint density at radius 1 is 1.44 bits per heavy atom. The van der Waals surface area contributed by atoms with Crippen LogP contribution in [0.4, 0.5) is 5.69 Å². The summed E-state index contributed by atoms with van der Waals surface area (Å²) in [5, 5.41) is 3.64. The molecule has 0 saturated heterocycles.